The minimum Gasteiger partial charge on any atom is -0.388 e. The first-order valence-corrected chi connectivity index (χ1v) is 55.4. The average Bonchev–Trinajstić information content (AvgIpc) is 1.62. The molecule has 15 N–H and O–H groups in total. The van der Waals surface area contributed by atoms with Gasteiger partial charge in [0.15, 0.2) is 31.1 Å². The molecule has 6 aliphatic heterocycles. The summed E-state index contributed by atoms with van der Waals surface area (Å²) in [5.74, 6) is 0.0372. The number of amides is 1. The topological polar surface area (TPSA) is 500 Å². The Bertz CT molecular complexity index is 4990. The molecular weight excluding hydrogens is 1650 g/mol. The highest BCUT2D eigenvalue weighted by molar-refractivity contribution is 7.73. The van der Waals surface area contributed by atoms with Gasteiger partial charge in [-0.25, -0.2) is 19.2 Å². The summed E-state index contributed by atoms with van der Waals surface area (Å²) in [6, 6.07) is 0. The van der Waals surface area contributed by atoms with Gasteiger partial charge in [-0.2, -0.15) is 0 Å². The molecule has 10 rings (SSSR count). The first kappa shape index (κ1) is 103. The fraction of sp³-hybridized carbons (Fsp3) is 0.630. The van der Waals surface area contributed by atoms with Gasteiger partial charge in [0.1, 0.15) is 66.4 Å². The smallest absolute Gasteiger partial charge is 0.330 e. The Hall–Kier alpha value is -6.15. The number of ether oxygens (including phenoxy) is 5. The molecule has 0 spiro atoms. The molecule has 0 aromatic carbocycles. The van der Waals surface area contributed by atoms with E-state index in [4.69, 9.17) is 23.7 Å². The maximum absolute atomic E-state index is 12.2. The van der Waals surface area contributed by atoms with Crippen molar-refractivity contribution in [1.29, 1.82) is 0 Å². The number of hydrogen-bond donors (Lipinski definition) is 15. The summed E-state index contributed by atoms with van der Waals surface area (Å²) in [6.07, 6.45) is 26.3. The molecule has 5 fully saturated rings. The van der Waals surface area contributed by atoms with Gasteiger partial charge in [-0.05, 0) is 175 Å². The molecule has 1 amide bonds. The van der Waals surface area contributed by atoms with Crippen LogP contribution in [0.2, 0.25) is 0 Å². The van der Waals surface area contributed by atoms with Crippen molar-refractivity contribution in [2.24, 2.45) is 0 Å². The zero-order valence-electron chi connectivity index (χ0n) is 71.6. The number of carbonyl (C=O) groups is 1. The Kier molecular flexibility index (Phi) is 37.3. The fourth-order valence-electron chi connectivity index (χ4n) is 13.9. The molecular formula is C81H133N10O24P5. The second kappa shape index (κ2) is 43.6. The standard InChI is InChI=1S/C17H29N2O5P.C17H27N2O5P.C16H27N2O5P.C16H25N2O5P.C15H25N2O4P/c2*1-5-6-7-11-10-19(17(23)18-15(11)22)16-14(21)13(20)12(24-16)8-9-25(2,3)4;2*1-5-6-10-9-18(16(22)17-14(10)21)15-13(20)12(19)11(23-15)7-8-24(2,3)4;1-10-16-12(18)6-8-17(10)14-15(2,20)13(19)11(21-14)7-9-22(3,4)5/h10,12-14,16,20-21H,2,5-9H2,1,3-4H3,(H,18,22,23);5,10,12-14,16,20-21H,1-2,6-9H2,3-4H3,(H,18,22,23);9,11-13,15,19-20H,2,5-8H2,1,3-4H3,(H,17,21,22);5,9,11-13,15,19-20H,1-2,6-8H2,3-4H3,(H,17,21,22);6,8,11,13-14,19-20H,1,3,7,9H2,2,4-5H3,(H,16,18)/t2*12-,13-,14-,16-;2*11-,12-,13-,15-;11-,13-,14-,15-/m11111/s1. The van der Waals surface area contributed by atoms with E-state index in [-0.39, 0.29) is 12.3 Å². The van der Waals surface area contributed by atoms with Crippen LogP contribution in [0.3, 0.4) is 0 Å². The number of unbranched alkanes of at least 4 members (excludes halogenated alkanes) is 1. The third kappa shape index (κ3) is 28.7. The molecule has 4 aromatic rings. The van der Waals surface area contributed by atoms with Crippen LogP contribution in [0.1, 0.15) is 126 Å². The Morgan fingerprint density at radius 3 is 1.02 bits per heavy atom. The van der Waals surface area contributed by atoms with Crippen LogP contribution in [0.15, 0.2) is 113 Å². The molecule has 676 valence electrons. The third-order valence-corrected chi connectivity index (χ3v) is 28.3. The predicted molar refractivity (Wildman–Crippen MR) is 484 cm³/mol. The summed E-state index contributed by atoms with van der Waals surface area (Å²) in [5, 5.41) is 106. The average molecular weight is 1790 g/mol. The quantitative estimate of drug-likeness (QED) is 0.0260. The molecule has 6 aliphatic rings. The highest BCUT2D eigenvalue weighted by Crippen LogP contribution is 2.45. The summed E-state index contributed by atoms with van der Waals surface area (Å²) < 4.78 is 33.5. The van der Waals surface area contributed by atoms with Crippen LogP contribution in [0.25, 0.3) is 0 Å². The van der Waals surface area contributed by atoms with E-state index in [9.17, 15) is 94.2 Å². The van der Waals surface area contributed by atoms with Gasteiger partial charge in [0.2, 0.25) is 0 Å². The summed E-state index contributed by atoms with van der Waals surface area (Å²) in [5.41, 5.74) is -4.26. The van der Waals surface area contributed by atoms with Crippen molar-refractivity contribution in [1.82, 2.24) is 48.4 Å². The Balaban J connectivity index is 0.000000233. The Labute approximate surface area is 700 Å². The van der Waals surface area contributed by atoms with Gasteiger partial charge in [-0.3, -0.25) is 62.2 Å². The second-order valence-electron chi connectivity index (χ2n) is 35.2. The zero-order valence-corrected chi connectivity index (χ0v) is 76.1. The number of aryl methyl sites for hydroxylation is 3. The number of aromatic nitrogens is 8. The highest BCUT2D eigenvalue weighted by Gasteiger charge is 2.55. The Morgan fingerprint density at radius 2 is 0.725 bits per heavy atom. The van der Waals surface area contributed by atoms with Gasteiger partial charge >= 0.3 is 22.8 Å². The number of allylic oxidation sites excluding steroid dienone is 2. The van der Waals surface area contributed by atoms with Crippen LogP contribution < -0.4 is 50.3 Å². The number of aromatic amines is 4. The van der Waals surface area contributed by atoms with Crippen LogP contribution >= 0.6 is 34.4 Å². The van der Waals surface area contributed by atoms with Crippen LogP contribution in [-0.4, -0.2) is 326 Å². The van der Waals surface area contributed by atoms with E-state index in [0.29, 0.717) is 85.9 Å². The highest BCUT2D eigenvalue weighted by atomic mass is 31.2. The SMILES string of the molecule is C=C1NC(=O)C=CN1[C@@H]1O[C@H](CCP(=C)(C)C)[C@@H](O)[C@@]1(C)O.C=CCCc1cn([C@@H]2O[C@H](CCP(=C)(C)C)[C@@H](O)[C@H]2O)c(=O)[nH]c1=O.C=CCc1cn([C@@H]2O[C@H](CCP(=C)(C)C)[C@@H](O)[C@H]2O)c(=O)[nH]c1=O.C=P(C)(C)CC[C@H]1O[C@@H](n2cc(CCC)c(=O)[nH]c2=O)[C@H](O)[C@@H]1O.C=P(C)(C)CC[C@H]1O[C@@H](n2cc(CCCC)c(=O)[nH]c2=O)[C@H](O)[C@@H]1O. The molecule has 0 saturated carbocycles. The molecule has 5 saturated heterocycles. The number of hydrogen-bond acceptors (Lipinski definition) is 25. The van der Waals surface area contributed by atoms with E-state index in [1.807, 2.05) is 13.8 Å². The van der Waals surface area contributed by atoms with E-state index >= 15 is 0 Å². The number of rotatable bonds is 30. The Morgan fingerprint density at radius 1 is 0.425 bits per heavy atom. The maximum atomic E-state index is 12.2. The van der Waals surface area contributed by atoms with Crippen LogP contribution in [-0.2, 0) is 54.2 Å². The molecule has 0 unspecified atom stereocenters. The van der Waals surface area contributed by atoms with Crippen molar-refractivity contribution in [3.63, 3.8) is 0 Å². The van der Waals surface area contributed by atoms with Crippen molar-refractivity contribution in [3.05, 3.63) is 180 Å². The van der Waals surface area contributed by atoms with Crippen molar-refractivity contribution < 1.29 is 79.5 Å². The zero-order chi connectivity index (χ0) is 90.4. The van der Waals surface area contributed by atoms with Crippen molar-refractivity contribution >= 4 is 71.8 Å². The van der Waals surface area contributed by atoms with Gasteiger partial charge in [-0.15, -0.1) is 79.1 Å². The summed E-state index contributed by atoms with van der Waals surface area (Å²) in [6.45, 7) is 31.0. The first-order chi connectivity index (χ1) is 55.6. The van der Waals surface area contributed by atoms with Crippen LogP contribution in [0.4, 0.5) is 0 Å². The second-order valence-corrected chi connectivity index (χ2v) is 56.8. The van der Waals surface area contributed by atoms with Gasteiger partial charge < -0.3 is 85.0 Å². The van der Waals surface area contributed by atoms with Crippen molar-refractivity contribution in [2.75, 3.05) is 97.5 Å². The lowest BCUT2D eigenvalue weighted by atomic mass is 9.95. The molecule has 10 heterocycles. The number of aliphatic hydroxyl groups is 10. The number of carbonyl (C=O) groups excluding carboxylic acids is 1. The normalized spacial score (nSPS) is 28.7. The predicted octanol–water partition coefficient (Wildman–Crippen LogP) is 1.50. The number of H-pyrrole nitrogens is 4. The molecule has 39 heteroatoms. The number of aliphatic hydroxyl groups excluding tert-OH is 9. The molecule has 4 aromatic heterocycles. The molecule has 0 bridgehead atoms. The van der Waals surface area contributed by atoms with Gasteiger partial charge in [-0.1, -0.05) is 45.4 Å². The van der Waals surface area contributed by atoms with Gasteiger partial charge in [0, 0.05) is 59.3 Å². The first-order valence-electron chi connectivity index (χ1n) is 40.1. The lowest BCUT2D eigenvalue weighted by Crippen LogP contribution is -2.53. The van der Waals surface area contributed by atoms with E-state index in [0.717, 1.165) is 59.2 Å². The molecule has 20 atom stereocenters. The van der Waals surface area contributed by atoms with E-state index < -0.39 is 202 Å². The molecule has 120 heavy (non-hydrogen) atoms. The molecule has 0 radical (unpaired) electrons. The van der Waals surface area contributed by atoms with E-state index in [2.05, 4.69) is 143 Å². The monoisotopic (exact) mass is 1780 g/mol. The summed E-state index contributed by atoms with van der Waals surface area (Å²) in [7, 11) is 0. The number of nitrogens with one attached hydrogen (secondary N) is 5. The molecule has 34 nitrogen and oxygen atoms in total. The summed E-state index contributed by atoms with van der Waals surface area (Å²) in [4.78, 5) is 118. The lowest BCUT2D eigenvalue weighted by molar-refractivity contribution is -0.123. The summed E-state index contributed by atoms with van der Waals surface area (Å²) >= 11 is 0. The van der Waals surface area contributed by atoms with Crippen molar-refractivity contribution in [3.8, 4) is 0 Å². The van der Waals surface area contributed by atoms with E-state index in [1.165, 1.54) is 58.0 Å². The van der Waals surface area contributed by atoms with Crippen LogP contribution in [0.5, 0.6) is 0 Å². The minimum atomic E-state index is -1.47. The third-order valence-electron chi connectivity index (χ3n) is 21.0. The van der Waals surface area contributed by atoms with Crippen LogP contribution in [0, 0.1) is 0 Å². The number of nitrogens with zero attached hydrogens (tertiary/aromatic N) is 5. The fourth-order valence-corrected chi connectivity index (χ4v) is 18.7. The van der Waals surface area contributed by atoms with Gasteiger partial charge in [0.05, 0.1) is 30.5 Å². The van der Waals surface area contributed by atoms with Crippen molar-refractivity contribution in [2.45, 2.75) is 226 Å². The lowest BCUT2D eigenvalue weighted by Gasteiger charge is -2.37. The van der Waals surface area contributed by atoms with Gasteiger partial charge in [0.25, 0.3) is 28.1 Å². The molecule has 0 aliphatic carbocycles. The largest absolute Gasteiger partial charge is 0.388 e. The maximum Gasteiger partial charge on any atom is 0.330 e. The minimum absolute atomic E-state index is 0.278. The van der Waals surface area contributed by atoms with E-state index in [1.54, 1.807) is 12.2 Å².